The van der Waals surface area contributed by atoms with Crippen LogP contribution in [-0.2, 0) is 0 Å². The number of hydrogen-bond donors (Lipinski definition) is 1. The van der Waals surface area contributed by atoms with Gasteiger partial charge >= 0.3 is 0 Å². The number of rotatable bonds is 5. The van der Waals surface area contributed by atoms with E-state index in [1.807, 2.05) is 6.92 Å². The molecule has 0 aliphatic rings. The molecule has 0 spiro atoms. The van der Waals surface area contributed by atoms with Crippen molar-refractivity contribution in [3.63, 3.8) is 0 Å². The quantitative estimate of drug-likeness (QED) is 0.833. The van der Waals surface area contributed by atoms with Crippen molar-refractivity contribution in [3.8, 4) is 6.07 Å². The Morgan fingerprint density at radius 1 is 1.53 bits per heavy atom. The average Bonchev–Trinajstić information content (AvgIpc) is 2.58. The topological polar surface area (TPSA) is 48.7 Å². The van der Waals surface area contributed by atoms with Crippen LogP contribution in [0.2, 0.25) is 0 Å². The Morgan fingerprint density at radius 2 is 2.27 bits per heavy atom. The Morgan fingerprint density at radius 3 is 2.80 bits per heavy atom. The molecular weight excluding hydrogens is 206 g/mol. The Labute approximate surface area is 95.3 Å². The van der Waals surface area contributed by atoms with Crippen molar-refractivity contribution in [1.29, 1.82) is 5.26 Å². The van der Waals surface area contributed by atoms with E-state index in [2.05, 4.69) is 29.6 Å². The predicted octanol–water partition coefficient (Wildman–Crippen LogP) is 3.31. The molecule has 1 aromatic heterocycles. The highest BCUT2D eigenvalue weighted by Crippen LogP contribution is 2.25. The number of nitrogens with zero attached hydrogens (tertiary/aromatic N) is 2. The largest absolute Gasteiger partial charge is 0.372 e. The molecule has 0 saturated heterocycles. The van der Waals surface area contributed by atoms with E-state index in [4.69, 9.17) is 5.26 Å². The summed E-state index contributed by atoms with van der Waals surface area (Å²) in [5.41, 5.74) is 1.53. The lowest BCUT2D eigenvalue weighted by Crippen LogP contribution is -2.17. The number of aryl methyl sites for hydroxylation is 1. The van der Waals surface area contributed by atoms with E-state index in [0.717, 1.165) is 30.0 Å². The number of nitriles is 1. The van der Waals surface area contributed by atoms with E-state index in [9.17, 15) is 0 Å². The van der Waals surface area contributed by atoms with Crippen molar-refractivity contribution in [2.75, 3.05) is 5.32 Å². The molecule has 1 unspecified atom stereocenters. The Balaban J connectivity index is 2.75. The van der Waals surface area contributed by atoms with E-state index in [1.54, 1.807) is 0 Å². The van der Waals surface area contributed by atoms with E-state index >= 15 is 0 Å². The Hall–Kier alpha value is -1.08. The first kappa shape index (κ1) is 12.0. The fraction of sp³-hybridized carbons (Fsp3) is 0.636. The molecule has 82 valence electrons. The lowest BCUT2D eigenvalue weighted by Gasteiger charge is -2.15. The molecule has 0 saturated carbocycles. The minimum atomic E-state index is 0.460. The van der Waals surface area contributed by atoms with Gasteiger partial charge in [0, 0.05) is 6.04 Å². The molecule has 1 heterocycles. The summed E-state index contributed by atoms with van der Waals surface area (Å²) in [6, 6.07) is 2.66. The van der Waals surface area contributed by atoms with Crippen LogP contribution in [0.25, 0.3) is 0 Å². The molecule has 1 N–H and O–H groups in total. The van der Waals surface area contributed by atoms with Crippen LogP contribution in [0.15, 0.2) is 0 Å². The van der Waals surface area contributed by atoms with Gasteiger partial charge in [-0.05, 0) is 31.3 Å². The van der Waals surface area contributed by atoms with Gasteiger partial charge in [0.05, 0.1) is 5.69 Å². The molecule has 0 bridgehead atoms. The van der Waals surface area contributed by atoms with Crippen molar-refractivity contribution >= 4 is 16.5 Å². The van der Waals surface area contributed by atoms with E-state index in [0.29, 0.717) is 11.6 Å². The Kier molecular flexibility index (Phi) is 4.57. The van der Waals surface area contributed by atoms with Gasteiger partial charge in [-0.15, -0.1) is 0 Å². The molecular formula is C11H17N3S. The number of aromatic nitrogens is 1. The lowest BCUT2D eigenvalue weighted by atomic mass is 10.1. The monoisotopic (exact) mass is 223 g/mol. The highest BCUT2D eigenvalue weighted by Gasteiger charge is 2.13. The summed E-state index contributed by atoms with van der Waals surface area (Å²) in [4.78, 5) is 0. The third-order valence-electron chi connectivity index (χ3n) is 2.44. The van der Waals surface area contributed by atoms with Crippen molar-refractivity contribution in [1.82, 2.24) is 4.37 Å². The van der Waals surface area contributed by atoms with Crippen LogP contribution in [0.3, 0.4) is 0 Å². The fourth-order valence-electron chi connectivity index (χ4n) is 1.51. The minimum Gasteiger partial charge on any atom is -0.372 e. The van der Waals surface area contributed by atoms with E-state index in [-0.39, 0.29) is 0 Å². The third-order valence-corrected chi connectivity index (χ3v) is 3.31. The predicted molar refractivity (Wildman–Crippen MR) is 64.2 cm³/mol. The highest BCUT2D eigenvalue weighted by atomic mass is 32.1. The maximum absolute atomic E-state index is 8.98. The average molecular weight is 223 g/mol. The molecule has 1 atom stereocenters. The first-order valence-electron chi connectivity index (χ1n) is 5.35. The van der Waals surface area contributed by atoms with Gasteiger partial charge in [0.1, 0.15) is 16.6 Å². The highest BCUT2D eigenvalue weighted by molar-refractivity contribution is 7.10. The molecule has 0 aliphatic carbocycles. The van der Waals surface area contributed by atoms with Crippen LogP contribution in [0, 0.1) is 18.3 Å². The smallest absolute Gasteiger partial charge is 0.127 e. The van der Waals surface area contributed by atoms with Crippen molar-refractivity contribution in [3.05, 3.63) is 11.3 Å². The molecule has 0 radical (unpaired) electrons. The van der Waals surface area contributed by atoms with Gasteiger partial charge < -0.3 is 5.32 Å². The van der Waals surface area contributed by atoms with Crippen LogP contribution < -0.4 is 5.32 Å². The maximum atomic E-state index is 8.98. The third kappa shape index (κ3) is 2.93. The number of nitrogens with one attached hydrogen (secondary N) is 1. The second-order valence-electron chi connectivity index (χ2n) is 3.62. The molecule has 1 rings (SSSR count). The van der Waals surface area contributed by atoms with Gasteiger partial charge in [0.2, 0.25) is 0 Å². The summed E-state index contributed by atoms with van der Waals surface area (Å²) < 4.78 is 4.19. The lowest BCUT2D eigenvalue weighted by molar-refractivity contribution is 0.624. The summed E-state index contributed by atoms with van der Waals surface area (Å²) in [5, 5.41) is 13.3. The van der Waals surface area contributed by atoms with Crippen molar-refractivity contribution in [2.24, 2.45) is 0 Å². The van der Waals surface area contributed by atoms with E-state index in [1.165, 1.54) is 11.5 Å². The van der Waals surface area contributed by atoms with Gasteiger partial charge in [-0.3, -0.25) is 0 Å². The summed E-state index contributed by atoms with van der Waals surface area (Å²) >= 11 is 1.39. The van der Waals surface area contributed by atoms with Crippen molar-refractivity contribution < 1.29 is 0 Å². The SMILES string of the molecule is CCCC(CC)Nc1snc(C)c1C#N. The van der Waals surface area contributed by atoms with Gasteiger partial charge in [0.15, 0.2) is 0 Å². The second-order valence-corrected chi connectivity index (χ2v) is 4.40. The molecule has 3 nitrogen and oxygen atoms in total. The molecule has 0 fully saturated rings. The van der Waals surface area contributed by atoms with E-state index < -0.39 is 0 Å². The second kappa shape index (κ2) is 5.72. The fourth-order valence-corrected chi connectivity index (χ4v) is 2.34. The molecule has 0 amide bonds. The molecule has 1 aromatic rings. The minimum absolute atomic E-state index is 0.460. The van der Waals surface area contributed by atoms with Gasteiger partial charge in [-0.25, -0.2) is 0 Å². The van der Waals surface area contributed by atoms with Crippen LogP contribution in [0.1, 0.15) is 44.4 Å². The van der Waals surface area contributed by atoms with Gasteiger partial charge in [0.25, 0.3) is 0 Å². The Bertz CT molecular complexity index is 351. The summed E-state index contributed by atoms with van der Waals surface area (Å²) in [7, 11) is 0. The first-order chi connectivity index (χ1) is 7.22. The summed E-state index contributed by atoms with van der Waals surface area (Å²) in [6.45, 7) is 6.21. The zero-order chi connectivity index (χ0) is 11.3. The molecule has 15 heavy (non-hydrogen) atoms. The zero-order valence-corrected chi connectivity index (χ0v) is 10.3. The van der Waals surface area contributed by atoms with Crippen LogP contribution in [-0.4, -0.2) is 10.4 Å². The normalized spacial score (nSPS) is 12.1. The van der Waals surface area contributed by atoms with Crippen LogP contribution in [0.5, 0.6) is 0 Å². The van der Waals surface area contributed by atoms with Crippen LogP contribution >= 0.6 is 11.5 Å². The maximum Gasteiger partial charge on any atom is 0.127 e. The molecule has 4 heteroatoms. The molecule has 0 aromatic carbocycles. The zero-order valence-electron chi connectivity index (χ0n) is 9.50. The van der Waals surface area contributed by atoms with Gasteiger partial charge in [-0.1, -0.05) is 20.3 Å². The molecule has 0 aliphatic heterocycles. The number of hydrogen-bond acceptors (Lipinski definition) is 4. The first-order valence-corrected chi connectivity index (χ1v) is 6.13. The van der Waals surface area contributed by atoms with Gasteiger partial charge in [-0.2, -0.15) is 9.64 Å². The number of anilines is 1. The summed E-state index contributed by atoms with van der Waals surface area (Å²) in [5.74, 6) is 0. The van der Waals surface area contributed by atoms with Crippen molar-refractivity contribution in [2.45, 2.75) is 46.1 Å². The summed E-state index contributed by atoms with van der Waals surface area (Å²) in [6.07, 6.45) is 3.37. The van der Waals surface area contributed by atoms with Crippen LogP contribution in [0.4, 0.5) is 5.00 Å². The standard InChI is InChI=1S/C11H17N3S/c1-4-6-9(5-2)13-11-10(7-12)8(3)14-15-11/h9,13H,4-6H2,1-3H3.